The molecule has 0 aliphatic heterocycles. The van der Waals surface area contributed by atoms with Crippen LogP contribution in [0.2, 0.25) is 0 Å². The summed E-state index contributed by atoms with van der Waals surface area (Å²) in [5, 5.41) is 8.58. The molecule has 0 atom stereocenters. The number of rotatable bonds is 3. The second kappa shape index (κ2) is 5.50. The molecule has 0 aliphatic carbocycles. The number of nitrogens with zero attached hydrogens (tertiary/aromatic N) is 2. The lowest BCUT2D eigenvalue weighted by Crippen LogP contribution is -2.20. The molecule has 0 aliphatic rings. The van der Waals surface area contributed by atoms with Crippen LogP contribution in [0.4, 0.5) is 13.2 Å². The topological polar surface area (TPSA) is 71.9 Å². The van der Waals surface area contributed by atoms with Crippen molar-refractivity contribution in [2.24, 2.45) is 5.73 Å². The van der Waals surface area contributed by atoms with Crippen LogP contribution in [0.15, 0.2) is 6.20 Å². The zero-order valence-corrected chi connectivity index (χ0v) is 10.5. The first kappa shape index (κ1) is 14.0. The summed E-state index contributed by atoms with van der Waals surface area (Å²) in [6.45, 7) is -0.145. The van der Waals surface area contributed by atoms with E-state index >= 15 is 0 Å². The van der Waals surface area contributed by atoms with Gasteiger partial charge in [0.05, 0.1) is 12.5 Å². The molecule has 0 amide bonds. The molecule has 1 rings (SSSR count). The van der Waals surface area contributed by atoms with Gasteiger partial charge in [-0.25, -0.2) is 4.98 Å². The highest BCUT2D eigenvalue weighted by Crippen LogP contribution is 2.32. The minimum absolute atomic E-state index is 0.105. The molecule has 0 spiro atoms. The fraction of sp³-hybridized carbons (Fsp3) is 0.333. The Kier molecular flexibility index (Phi) is 4.53. The van der Waals surface area contributed by atoms with E-state index in [4.69, 9.17) is 11.0 Å². The summed E-state index contributed by atoms with van der Waals surface area (Å²) in [5.74, 6) is -0.416. The Hall–Kier alpha value is -1.08. The number of aromatic nitrogens is 1. The first-order chi connectivity index (χ1) is 7.89. The minimum atomic E-state index is -4.82. The van der Waals surface area contributed by atoms with Crippen molar-refractivity contribution in [3.8, 4) is 11.8 Å². The summed E-state index contributed by atoms with van der Waals surface area (Å²) < 4.78 is 40.9. The maximum absolute atomic E-state index is 12.2. The first-order valence-corrected chi connectivity index (χ1v) is 5.46. The number of alkyl halides is 3. The van der Waals surface area contributed by atoms with E-state index in [1.807, 2.05) is 0 Å². The number of nitrogens with two attached hydrogens (primary N) is 1. The number of halogens is 4. The summed E-state index contributed by atoms with van der Waals surface area (Å²) in [6.07, 6.45) is -3.83. The third-order valence-corrected chi connectivity index (χ3v) is 2.77. The second-order valence-corrected chi connectivity index (χ2v) is 3.99. The Morgan fingerprint density at radius 2 is 2.18 bits per heavy atom. The molecule has 1 aromatic rings. The second-order valence-electron chi connectivity index (χ2n) is 2.97. The van der Waals surface area contributed by atoms with Crippen LogP contribution in [0.1, 0.15) is 11.1 Å². The van der Waals surface area contributed by atoms with Crippen LogP contribution in [0.25, 0.3) is 0 Å². The summed E-state index contributed by atoms with van der Waals surface area (Å²) in [6, 6.07) is 1.77. The van der Waals surface area contributed by atoms with Crippen LogP contribution < -0.4 is 10.5 Å². The van der Waals surface area contributed by atoms with Gasteiger partial charge in [-0.05, 0) is 22.6 Å². The number of pyridine rings is 1. The molecule has 0 bridgehead atoms. The van der Waals surface area contributed by atoms with Gasteiger partial charge in [0.1, 0.15) is 9.45 Å². The van der Waals surface area contributed by atoms with E-state index in [0.717, 1.165) is 0 Å². The van der Waals surface area contributed by atoms with Gasteiger partial charge in [0, 0.05) is 23.9 Å². The van der Waals surface area contributed by atoms with E-state index < -0.39 is 12.1 Å². The fourth-order valence-electron chi connectivity index (χ4n) is 1.18. The summed E-state index contributed by atoms with van der Waals surface area (Å²) in [5.41, 5.74) is 5.54. The SMILES string of the molecule is N#CCc1c(I)ncc(CN)c1OC(F)(F)F. The van der Waals surface area contributed by atoms with E-state index in [9.17, 15) is 13.2 Å². The standard InChI is InChI=1S/C9H7F3IN3O/c10-9(11,12)17-7-5(3-15)4-16-8(13)6(7)1-2-14/h4H,1,3,15H2. The molecule has 4 nitrogen and oxygen atoms in total. The molecule has 0 saturated carbocycles. The first-order valence-electron chi connectivity index (χ1n) is 4.38. The molecular formula is C9H7F3IN3O. The van der Waals surface area contributed by atoms with E-state index in [-0.39, 0.29) is 24.1 Å². The molecule has 0 saturated heterocycles. The van der Waals surface area contributed by atoms with Crippen LogP contribution in [0, 0.1) is 15.0 Å². The van der Waals surface area contributed by atoms with Crippen molar-refractivity contribution in [2.75, 3.05) is 0 Å². The Morgan fingerprint density at radius 1 is 1.53 bits per heavy atom. The van der Waals surface area contributed by atoms with E-state index in [2.05, 4.69) is 9.72 Å². The Labute approximate surface area is 109 Å². The van der Waals surface area contributed by atoms with Crippen molar-refractivity contribution < 1.29 is 17.9 Å². The fourth-order valence-corrected chi connectivity index (χ4v) is 1.75. The van der Waals surface area contributed by atoms with Crippen LogP contribution >= 0.6 is 22.6 Å². The number of nitriles is 1. The van der Waals surface area contributed by atoms with E-state index in [1.54, 1.807) is 28.7 Å². The van der Waals surface area contributed by atoms with Crippen molar-refractivity contribution in [2.45, 2.75) is 19.3 Å². The zero-order chi connectivity index (χ0) is 13.1. The quantitative estimate of drug-likeness (QED) is 0.665. The van der Waals surface area contributed by atoms with Crippen LogP contribution in [0.5, 0.6) is 5.75 Å². The van der Waals surface area contributed by atoms with Gasteiger partial charge in [0.25, 0.3) is 0 Å². The Morgan fingerprint density at radius 3 is 2.65 bits per heavy atom. The number of hydrogen-bond acceptors (Lipinski definition) is 4. The largest absolute Gasteiger partial charge is 0.573 e. The minimum Gasteiger partial charge on any atom is -0.405 e. The monoisotopic (exact) mass is 357 g/mol. The molecule has 92 valence electrons. The van der Waals surface area contributed by atoms with Crippen LogP contribution in [-0.4, -0.2) is 11.3 Å². The third kappa shape index (κ3) is 3.71. The molecular weight excluding hydrogens is 350 g/mol. The number of hydrogen-bond donors (Lipinski definition) is 1. The van der Waals surface area contributed by atoms with Crippen molar-refractivity contribution in [1.82, 2.24) is 4.98 Å². The maximum Gasteiger partial charge on any atom is 0.573 e. The summed E-state index contributed by atoms with van der Waals surface area (Å²) >= 11 is 1.74. The van der Waals surface area contributed by atoms with Gasteiger partial charge in [-0.3, -0.25) is 0 Å². The van der Waals surface area contributed by atoms with E-state index in [0.29, 0.717) is 3.70 Å². The highest BCUT2D eigenvalue weighted by Gasteiger charge is 2.33. The van der Waals surface area contributed by atoms with Gasteiger partial charge >= 0.3 is 6.36 Å². The highest BCUT2D eigenvalue weighted by atomic mass is 127. The molecule has 0 radical (unpaired) electrons. The average molecular weight is 357 g/mol. The predicted molar refractivity (Wildman–Crippen MR) is 60.8 cm³/mol. The van der Waals surface area contributed by atoms with Gasteiger partial charge in [-0.15, -0.1) is 13.2 Å². The van der Waals surface area contributed by atoms with Crippen LogP contribution in [0.3, 0.4) is 0 Å². The molecule has 1 aromatic heterocycles. The Balaban J connectivity index is 3.30. The van der Waals surface area contributed by atoms with Gasteiger partial charge < -0.3 is 10.5 Å². The predicted octanol–water partition coefficient (Wildman–Crippen LogP) is 2.11. The molecule has 2 N–H and O–H groups in total. The lowest BCUT2D eigenvalue weighted by Gasteiger charge is -2.15. The average Bonchev–Trinajstić information content (AvgIpc) is 2.22. The van der Waals surface area contributed by atoms with Crippen LogP contribution in [-0.2, 0) is 13.0 Å². The lowest BCUT2D eigenvalue weighted by molar-refractivity contribution is -0.275. The van der Waals surface area contributed by atoms with Gasteiger partial charge in [0.15, 0.2) is 0 Å². The van der Waals surface area contributed by atoms with Crippen molar-refractivity contribution in [3.05, 3.63) is 21.0 Å². The molecule has 0 unspecified atom stereocenters. The van der Waals surface area contributed by atoms with Crippen molar-refractivity contribution in [3.63, 3.8) is 0 Å². The van der Waals surface area contributed by atoms with Crippen molar-refractivity contribution in [1.29, 1.82) is 5.26 Å². The third-order valence-electron chi connectivity index (χ3n) is 1.84. The molecule has 17 heavy (non-hydrogen) atoms. The zero-order valence-electron chi connectivity index (χ0n) is 8.38. The van der Waals surface area contributed by atoms with Crippen molar-refractivity contribution >= 4 is 22.6 Å². The lowest BCUT2D eigenvalue weighted by atomic mass is 10.1. The molecule has 8 heteroatoms. The Bertz CT molecular complexity index is 456. The van der Waals surface area contributed by atoms with E-state index in [1.165, 1.54) is 6.20 Å². The molecule has 1 heterocycles. The number of ether oxygens (including phenoxy) is 1. The molecule has 0 aromatic carbocycles. The summed E-state index contributed by atoms with van der Waals surface area (Å²) in [4.78, 5) is 3.87. The molecule has 0 fully saturated rings. The van der Waals surface area contributed by atoms with Gasteiger partial charge in [-0.1, -0.05) is 0 Å². The van der Waals surface area contributed by atoms with Gasteiger partial charge in [-0.2, -0.15) is 5.26 Å². The highest BCUT2D eigenvalue weighted by molar-refractivity contribution is 14.1. The van der Waals surface area contributed by atoms with Gasteiger partial charge in [0.2, 0.25) is 0 Å². The smallest absolute Gasteiger partial charge is 0.405 e. The normalized spacial score (nSPS) is 11.1. The summed E-state index contributed by atoms with van der Waals surface area (Å²) in [7, 11) is 0. The maximum atomic E-state index is 12.2.